The van der Waals surface area contributed by atoms with Gasteiger partial charge in [0.25, 0.3) is 5.91 Å². The average Bonchev–Trinajstić information content (AvgIpc) is 3.17. The van der Waals surface area contributed by atoms with Gasteiger partial charge in [-0.15, -0.1) is 0 Å². The van der Waals surface area contributed by atoms with Gasteiger partial charge in [0.1, 0.15) is 0 Å². The van der Waals surface area contributed by atoms with Gasteiger partial charge in [0, 0.05) is 25.7 Å². The smallest absolute Gasteiger partial charge is 0.251 e. The van der Waals surface area contributed by atoms with Gasteiger partial charge in [0.2, 0.25) is 10.0 Å². The summed E-state index contributed by atoms with van der Waals surface area (Å²) in [4.78, 5) is 12.6. The van der Waals surface area contributed by atoms with Crippen molar-refractivity contribution in [3.05, 3.63) is 29.8 Å². The standard InChI is InChI=1S/C18H26N2O3S/c1-12(17-11-13-4-5-15(17)10-13)19-18(21)14-6-8-16(9-7-14)24(22,23)20(2)3/h6-9,12-13,15,17H,4-5,10-11H2,1-3H3,(H,19,21). The zero-order chi connectivity index (χ0) is 17.5. The number of nitrogens with one attached hydrogen (secondary N) is 1. The Balaban J connectivity index is 1.65. The van der Waals surface area contributed by atoms with E-state index in [0.717, 1.165) is 11.8 Å². The highest BCUT2D eigenvalue weighted by atomic mass is 32.2. The highest BCUT2D eigenvalue weighted by molar-refractivity contribution is 7.89. The lowest BCUT2D eigenvalue weighted by Crippen LogP contribution is -2.40. The van der Waals surface area contributed by atoms with E-state index in [2.05, 4.69) is 12.2 Å². The normalized spacial score (nSPS) is 27.4. The molecule has 3 rings (SSSR count). The minimum Gasteiger partial charge on any atom is -0.349 e. The molecule has 2 saturated carbocycles. The van der Waals surface area contributed by atoms with Crippen LogP contribution in [0.25, 0.3) is 0 Å². The van der Waals surface area contributed by atoms with Crippen LogP contribution in [0.15, 0.2) is 29.2 Å². The van der Waals surface area contributed by atoms with E-state index in [9.17, 15) is 13.2 Å². The van der Waals surface area contributed by atoms with E-state index in [1.807, 2.05) is 0 Å². The van der Waals surface area contributed by atoms with Crippen LogP contribution in [-0.4, -0.2) is 38.8 Å². The molecule has 0 aromatic heterocycles. The van der Waals surface area contributed by atoms with Crippen molar-refractivity contribution in [2.24, 2.45) is 17.8 Å². The molecule has 0 radical (unpaired) electrons. The molecule has 0 aliphatic heterocycles. The second kappa shape index (κ2) is 6.48. The summed E-state index contributed by atoms with van der Waals surface area (Å²) >= 11 is 0. The van der Waals surface area contributed by atoms with Crippen molar-refractivity contribution < 1.29 is 13.2 Å². The Labute approximate surface area is 144 Å². The number of amides is 1. The number of hydrogen-bond acceptors (Lipinski definition) is 3. The monoisotopic (exact) mass is 350 g/mol. The fraction of sp³-hybridized carbons (Fsp3) is 0.611. The lowest BCUT2D eigenvalue weighted by Gasteiger charge is -2.28. The third-order valence-electron chi connectivity index (χ3n) is 5.69. The van der Waals surface area contributed by atoms with Gasteiger partial charge in [-0.3, -0.25) is 4.79 Å². The van der Waals surface area contributed by atoms with Crippen LogP contribution >= 0.6 is 0 Å². The number of benzene rings is 1. The van der Waals surface area contributed by atoms with Crippen molar-refractivity contribution in [3.63, 3.8) is 0 Å². The average molecular weight is 350 g/mol. The minimum atomic E-state index is -3.46. The van der Waals surface area contributed by atoms with Crippen molar-refractivity contribution >= 4 is 15.9 Å². The molecule has 2 aliphatic rings. The molecule has 2 bridgehead atoms. The molecule has 0 heterocycles. The molecule has 1 N–H and O–H groups in total. The van der Waals surface area contributed by atoms with Crippen molar-refractivity contribution in [1.29, 1.82) is 0 Å². The first-order chi connectivity index (χ1) is 11.3. The van der Waals surface area contributed by atoms with E-state index < -0.39 is 10.0 Å². The van der Waals surface area contributed by atoms with Crippen LogP contribution in [0.3, 0.4) is 0 Å². The Morgan fingerprint density at radius 2 is 1.83 bits per heavy atom. The molecule has 132 valence electrons. The molecular weight excluding hydrogens is 324 g/mol. The first kappa shape index (κ1) is 17.4. The van der Waals surface area contributed by atoms with E-state index in [1.54, 1.807) is 12.1 Å². The summed E-state index contributed by atoms with van der Waals surface area (Å²) in [7, 11) is -0.474. The summed E-state index contributed by atoms with van der Waals surface area (Å²) in [6, 6.07) is 6.31. The van der Waals surface area contributed by atoms with Crippen LogP contribution in [0, 0.1) is 17.8 Å². The fourth-order valence-corrected chi connectivity index (χ4v) is 5.19. The maximum atomic E-state index is 12.4. The Hall–Kier alpha value is -1.40. The maximum absolute atomic E-state index is 12.4. The van der Waals surface area contributed by atoms with E-state index in [1.165, 1.54) is 56.2 Å². The van der Waals surface area contributed by atoms with Gasteiger partial charge in [-0.05, 0) is 68.2 Å². The first-order valence-corrected chi connectivity index (χ1v) is 10.1. The van der Waals surface area contributed by atoms with Crippen LogP contribution < -0.4 is 5.32 Å². The Bertz CT molecular complexity index is 712. The number of sulfonamides is 1. The number of fused-ring (bicyclic) bond motifs is 2. The molecule has 1 aromatic carbocycles. The quantitative estimate of drug-likeness (QED) is 0.887. The van der Waals surface area contributed by atoms with Gasteiger partial charge in [-0.25, -0.2) is 12.7 Å². The molecule has 1 amide bonds. The van der Waals surface area contributed by atoms with Gasteiger partial charge in [-0.1, -0.05) is 6.42 Å². The molecule has 1 aromatic rings. The van der Waals surface area contributed by atoms with Crippen LogP contribution in [0.1, 0.15) is 43.0 Å². The Kier molecular flexibility index (Phi) is 4.71. The molecule has 2 aliphatic carbocycles. The van der Waals surface area contributed by atoms with Crippen molar-refractivity contribution in [3.8, 4) is 0 Å². The molecular formula is C18H26N2O3S. The molecule has 24 heavy (non-hydrogen) atoms. The number of hydrogen-bond donors (Lipinski definition) is 1. The summed E-state index contributed by atoms with van der Waals surface area (Å²) < 4.78 is 25.3. The number of nitrogens with zero attached hydrogens (tertiary/aromatic N) is 1. The molecule has 5 nitrogen and oxygen atoms in total. The van der Waals surface area contributed by atoms with Crippen molar-refractivity contribution in [1.82, 2.24) is 9.62 Å². The summed E-state index contributed by atoms with van der Waals surface area (Å²) in [5.74, 6) is 2.08. The minimum absolute atomic E-state index is 0.126. The van der Waals surface area contributed by atoms with E-state index in [0.29, 0.717) is 11.5 Å². The SMILES string of the molecule is CC(NC(=O)c1ccc(S(=O)(=O)N(C)C)cc1)C1CC2CCC1C2. The highest BCUT2D eigenvalue weighted by Crippen LogP contribution is 2.49. The molecule has 4 unspecified atom stereocenters. The zero-order valence-corrected chi connectivity index (χ0v) is 15.3. The lowest BCUT2D eigenvalue weighted by atomic mass is 9.84. The van der Waals surface area contributed by atoms with E-state index in [-0.39, 0.29) is 16.8 Å². The third-order valence-corrected chi connectivity index (χ3v) is 7.52. The van der Waals surface area contributed by atoms with Crippen molar-refractivity contribution in [2.45, 2.75) is 43.5 Å². The number of carbonyl (C=O) groups is 1. The predicted octanol–water partition coefficient (Wildman–Crippen LogP) is 2.49. The van der Waals surface area contributed by atoms with Crippen LogP contribution in [0.5, 0.6) is 0 Å². The summed E-state index contributed by atoms with van der Waals surface area (Å²) in [5, 5.41) is 3.11. The largest absolute Gasteiger partial charge is 0.349 e. The lowest BCUT2D eigenvalue weighted by molar-refractivity contribution is 0.0915. The molecule has 6 heteroatoms. The topological polar surface area (TPSA) is 66.5 Å². The first-order valence-electron chi connectivity index (χ1n) is 8.62. The summed E-state index contributed by atoms with van der Waals surface area (Å²) in [6.45, 7) is 2.09. The van der Waals surface area contributed by atoms with Crippen molar-refractivity contribution in [2.75, 3.05) is 14.1 Å². The van der Waals surface area contributed by atoms with Gasteiger partial charge >= 0.3 is 0 Å². The van der Waals surface area contributed by atoms with Gasteiger partial charge < -0.3 is 5.32 Å². The van der Waals surface area contributed by atoms with E-state index in [4.69, 9.17) is 0 Å². The van der Waals surface area contributed by atoms with E-state index >= 15 is 0 Å². The number of carbonyl (C=O) groups excluding carboxylic acids is 1. The predicted molar refractivity (Wildman–Crippen MR) is 93.2 cm³/mol. The molecule has 0 saturated heterocycles. The molecule has 2 fully saturated rings. The fourth-order valence-electron chi connectivity index (χ4n) is 4.29. The molecule has 0 spiro atoms. The third kappa shape index (κ3) is 3.22. The van der Waals surface area contributed by atoms with Crippen LogP contribution in [0.2, 0.25) is 0 Å². The zero-order valence-electron chi connectivity index (χ0n) is 14.5. The molecule has 4 atom stereocenters. The summed E-state index contributed by atoms with van der Waals surface area (Å²) in [6.07, 6.45) is 5.20. The second-order valence-corrected chi connectivity index (χ2v) is 9.56. The highest BCUT2D eigenvalue weighted by Gasteiger charge is 2.42. The van der Waals surface area contributed by atoms with Crippen LogP contribution in [0.4, 0.5) is 0 Å². The summed E-state index contributed by atoms with van der Waals surface area (Å²) in [5.41, 5.74) is 0.503. The maximum Gasteiger partial charge on any atom is 0.251 e. The second-order valence-electron chi connectivity index (χ2n) is 7.41. The van der Waals surface area contributed by atoms with Gasteiger partial charge in [0.15, 0.2) is 0 Å². The number of rotatable bonds is 5. The van der Waals surface area contributed by atoms with Gasteiger partial charge in [-0.2, -0.15) is 0 Å². The Morgan fingerprint density at radius 1 is 1.17 bits per heavy atom. The Morgan fingerprint density at radius 3 is 2.33 bits per heavy atom. The van der Waals surface area contributed by atoms with Gasteiger partial charge in [0.05, 0.1) is 4.90 Å². The van der Waals surface area contributed by atoms with Crippen LogP contribution in [-0.2, 0) is 10.0 Å².